The number of amides is 3. The number of hydrogen-bond acceptors (Lipinski definition) is 6. The predicted molar refractivity (Wildman–Crippen MR) is 174 cm³/mol. The molecular weight excluding hydrogens is 623 g/mol. The van der Waals surface area contributed by atoms with Gasteiger partial charge in [-0.15, -0.1) is 0 Å². The van der Waals surface area contributed by atoms with Crippen molar-refractivity contribution in [3.63, 3.8) is 0 Å². The Labute approximate surface area is 277 Å². The summed E-state index contributed by atoms with van der Waals surface area (Å²) in [5, 5.41) is 5.61. The molecule has 1 atom stereocenters. The van der Waals surface area contributed by atoms with Gasteiger partial charge in [-0.25, -0.2) is 4.79 Å². The van der Waals surface area contributed by atoms with E-state index in [1.807, 2.05) is 17.9 Å². The molecule has 2 saturated heterocycles. The van der Waals surface area contributed by atoms with Crippen LogP contribution in [0.5, 0.6) is 0 Å². The summed E-state index contributed by atoms with van der Waals surface area (Å²) in [4.78, 5) is 46.2. The lowest BCUT2D eigenvalue weighted by Crippen LogP contribution is -2.73. The first-order chi connectivity index (χ1) is 22.6. The highest BCUT2D eigenvalue weighted by Gasteiger charge is 2.54. The molecule has 2 aromatic carbocycles. The van der Waals surface area contributed by atoms with Gasteiger partial charge in [0.05, 0.1) is 29.1 Å². The van der Waals surface area contributed by atoms with Gasteiger partial charge in [-0.1, -0.05) is 30.3 Å². The van der Waals surface area contributed by atoms with Crippen LogP contribution in [0.1, 0.15) is 73.6 Å². The lowest BCUT2D eigenvalue weighted by Gasteiger charge is -2.61. The molecule has 6 rings (SSSR count). The largest absolute Gasteiger partial charge is 0.444 e. The number of halogens is 3. The molecule has 1 aromatic heterocycles. The zero-order chi connectivity index (χ0) is 34.4. The van der Waals surface area contributed by atoms with Crippen LogP contribution in [0.4, 0.5) is 23.7 Å². The first-order valence-corrected chi connectivity index (χ1v) is 16.2. The number of nitrogens with one attached hydrogen (secondary N) is 2. The Balaban J connectivity index is 1.08. The highest BCUT2D eigenvalue weighted by atomic mass is 19.4. The van der Waals surface area contributed by atoms with Crippen LogP contribution in [-0.4, -0.2) is 59.6 Å². The number of aromatic nitrogens is 1. The molecule has 0 radical (unpaired) electrons. The molecule has 1 spiro atoms. The van der Waals surface area contributed by atoms with Crippen LogP contribution < -0.4 is 15.5 Å². The van der Waals surface area contributed by atoms with E-state index in [2.05, 4.69) is 20.5 Å². The third kappa shape index (κ3) is 7.42. The van der Waals surface area contributed by atoms with Gasteiger partial charge >= 0.3 is 12.3 Å². The Morgan fingerprint density at radius 2 is 1.67 bits per heavy atom. The second-order valence-corrected chi connectivity index (χ2v) is 14.3. The van der Waals surface area contributed by atoms with Gasteiger partial charge in [-0.05, 0) is 81.0 Å². The molecular formula is C36H40F3N5O4. The summed E-state index contributed by atoms with van der Waals surface area (Å²) in [6.45, 7) is 10.2. The third-order valence-corrected chi connectivity index (χ3v) is 9.02. The minimum Gasteiger partial charge on any atom is -0.444 e. The second-order valence-electron chi connectivity index (χ2n) is 14.3. The summed E-state index contributed by atoms with van der Waals surface area (Å²) in [7, 11) is 0. The van der Waals surface area contributed by atoms with Gasteiger partial charge in [0.1, 0.15) is 5.60 Å². The molecule has 1 aliphatic carbocycles. The van der Waals surface area contributed by atoms with E-state index in [4.69, 9.17) is 4.74 Å². The number of anilines is 1. The number of pyridine rings is 1. The van der Waals surface area contributed by atoms with Crippen molar-refractivity contribution in [2.24, 2.45) is 11.3 Å². The number of benzene rings is 2. The SMILES string of the molecule is C[C@@H](NC(=O)c1cncc(N2CC3(CN(C(=O)C4CC4)C3)C2)c1)c1ccc(-c2cc(C(F)(F)F)ccc2CNC(=O)OC(C)(C)C)cc1. The summed E-state index contributed by atoms with van der Waals surface area (Å²) < 4.78 is 46.1. The Kier molecular flexibility index (Phi) is 8.63. The van der Waals surface area contributed by atoms with Crippen LogP contribution in [0.3, 0.4) is 0 Å². The number of nitrogens with zero attached hydrogens (tertiary/aromatic N) is 3. The molecule has 254 valence electrons. The van der Waals surface area contributed by atoms with Crippen molar-refractivity contribution in [2.75, 3.05) is 31.1 Å². The maximum Gasteiger partial charge on any atom is 0.416 e. The Morgan fingerprint density at radius 1 is 0.979 bits per heavy atom. The zero-order valence-electron chi connectivity index (χ0n) is 27.5. The Morgan fingerprint density at radius 3 is 2.29 bits per heavy atom. The molecule has 2 aliphatic heterocycles. The molecule has 9 nitrogen and oxygen atoms in total. The molecule has 3 fully saturated rings. The van der Waals surface area contributed by atoms with E-state index in [9.17, 15) is 27.6 Å². The van der Waals surface area contributed by atoms with Crippen molar-refractivity contribution >= 4 is 23.6 Å². The van der Waals surface area contributed by atoms with Crippen molar-refractivity contribution in [3.05, 3.63) is 83.2 Å². The fraction of sp³-hybridized carbons (Fsp3) is 0.444. The van der Waals surface area contributed by atoms with Gasteiger partial charge < -0.3 is 25.2 Å². The van der Waals surface area contributed by atoms with Gasteiger partial charge in [-0.3, -0.25) is 14.6 Å². The fourth-order valence-electron chi connectivity index (χ4n) is 6.35. The van der Waals surface area contributed by atoms with Gasteiger partial charge in [-0.2, -0.15) is 13.2 Å². The first-order valence-electron chi connectivity index (χ1n) is 16.2. The average molecular weight is 664 g/mol. The fourth-order valence-corrected chi connectivity index (χ4v) is 6.35. The standard InChI is InChI=1S/C36H40F3N5O4/c1-22(42-31(45)27-13-29(17-40-15-27)43-18-35(19-43)20-44(21-35)32(46)25-9-10-25)23-5-7-24(8-6-23)30-14-28(36(37,38)39)12-11-26(30)16-41-33(47)48-34(2,3)4/h5-8,11-15,17,22,25H,9-10,16,18-21H2,1-4H3,(H,41,47)(H,42,45)/t22-/m1/s1. The molecule has 1 saturated carbocycles. The molecule has 12 heteroatoms. The summed E-state index contributed by atoms with van der Waals surface area (Å²) in [6, 6.07) is 11.7. The number of likely N-dealkylation sites (tertiary alicyclic amines) is 1. The van der Waals surface area contributed by atoms with Crippen molar-refractivity contribution in [2.45, 2.75) is 64.9 Å². The number of carbonyl (C=O) groups excluding carboxylic acids is 3. The minimum absolute atomic E-state index is 0.0271. The lowest BCUT2D eigenvalue weighted by molar-refractivity contribution is -0.146. The average Bonchev–Trinajstić information content (AvgIpc) is 3.83. The van der Waals surface area contributed by atoms with Crippen molar-refractivity contribution in [3.8, 4) is 11.1 Å². The van der Waals surface area contributed by atoms with Gasteiger partial charge in [0.2, 0.25) is 5.91 Å². The van der Waals surface area contributed by atoms with E-state index < -0.39 is 29.5 Å². The predicted octanol–water partition coefficient (Wildman–Crippen LogP) is 6.34. The molecule has 48 heavy (non-hydrogen) atoms. The van der Waals surface area contributed by atoms with E-state index in [0.29, 0.717) is 22.3 Å². The Bertz CT molecular complexity index is 1700. The highest BCUT2D eigenvalue weighted by molar-refractivity contribution is 5.95. The van der Waals surface area contributed by atoms with Crippen LogP contribution >= 0.6 is 0 Å². The summed E-state index contributed by atoms with van der Waals surface area (Å²) in [5.74, 6) is 0.229. The topological polar surface area (TPSA) is 104 Å². The normalized spacial score (nSPS) is 17.6. The van der Waals surface area contributed by atoms with Crippen LogP contribution in [0.25, 0.3) is 11.1 Å². The summed E-state index contributed by atoms with van der Waals surface area (Å²) >= 11 is 0. The van der Waals surface area contributed by atoms with Crippen molar-refractivity contribution < 1.29 is 32.3 Å². The first kappa shape index (κ1) is 33.3. The number of ether oxygens (including phenoxy) is 1. The number of alkyl carbamates (subject to hydrolysis) is 1. The van der Waals surface area contributed by atoms with Crippen molar-refractivity contribution in [1.29, 1.82) is 0 Å². The molecule has 3 heterocycles. The van der Waals surface area contributed by atoms with Crippen LogP contribution in [0, 0.1) is 11.3 Å². The van der Waals surface area contributed by atoms with Crippen LogP contribution in [0.15, 0.2) is 60.9 Å². The van der Waals surface area contributed by atoms with E-state index in [1.165, 1.54) is 12.3 Å². The monoisotopic (exact) mass is 663 g/mol. The Hall–Kier alpha value is -4.61. The van der Waals surface area contributed by atoms with E-state index >= 15 is 0 Å². The van der Waals surface area contributed by atoms with E-state index in [1.54, 1.807) is 51.2 Å². The van der Waals surface area contributed by atoms with Crippen molar-refractivity contribution in [1.82, 2.24) is 20.5 Å². The number of carbonyl (C=O) groups is 3. The molecule has 3 aromatic rings. The quantitative estimate of drug-likeness (QED) is 0.292. The second kappa shape index (κ2) is 12.4. The number of alkyl halides is 3. The lowest BCUT2D eigenvalue weighted by atomic mass is 9.72. The minimum atomic E-state index is -4.54. The van der Waals surface area contributed by atoms with Gasteiger partial charge in [0, 0.05) is 50.3 Å². The zero-order valence-corrected chi connectivity index (χ0v) is 27.5. The molecule has 0 unspecified atom stereocenters. The molecule has 3 amide bonds. The van der Waals surface area contributed by atoms with Gasteiger partial charge in [0.25, 0.3) is 5.91 Å². The van der Waals surface area contributed by atoms with Crippen LogP contribution in [-0.2, 0) is 22.3 Å². The maximum atomic E-state index is 13.6. The molecule has 2 N–H and O–H groups in total. The molecule has 0 bridgehead atoms. The number of hydrogen-bond donors (Lipinski definition) is 2. The van der Waals surface area contributed by atoms with E-state index in [0.717, 1.165) is 62.4 Å². The highest BCUT2D eigenvalue weighted by Crippen LogP contribution is 2.44. The van der Waals surface area contributed by atoms with E-state index in [-0.39, 0.29) is 29.7 Å². The molecule has 3 aliphatic rings. The summed E-state index contributed by atoms with van der Waals surface area (Å²) in [6.07, 6.45) is 0.0655. The smallest absolute Gasteiger partial charge is 0.416 e. The van der Waals surface area contributed by atoms with Gasteiger partial charge in [0.15, 0.2) is 0 Å². The number of rotatable bonds is 8. The maximum absolute atomic E-state index is 13.6. The third-order valence-electron chi connectivity index (χ3n) is 9.02. The summed E-state index contributed by atoms with van der Waals surface area (Å²) in [5.41, 5.74) is 1.99. The van der Waals surface area contributed by atoms with Crippen LogP contribution in [0.2, 0.25) is 0 Å².